The van der Waals surface area contributed by atoms with Crippen LogP contribution in [0.4, 0.5) is 4.79 Å². The van der Waals surface area contributed by atoms with Gasteiger partial charge in [0.2, 0.25) is 0 Å². The number of hydrogen-bond acceptors (Lipinski definition) is 3. The Morgan fingerprint density at radius 3 is 2.83 bits per heavy atom. The Morgan fingerprint density at radius 2 is 2.08 bits per heavy atom. The Morgan fingerprint density at radius 1 is 1.29 bits per heavy atom. The third kappa shape index (κ3) is 3.17. The highest BCUT2D eigenvalue weighted by atomic mass is 16.5. The lowest BCUT2D eigenvalue weighted by Gasteiger charge is -2.27. The van der Waals surface area contributed by atoms with Gasteiger partial charge in [0, 0.05) is 0 Å². The first kappa shape index (κ1) is 15.9. The van der Waals surface area contributed by atoms with Gasteiger partial charge in [-0.25, -0.2) is 19.5 Å². The van der Waals surface area contributed by atoms with E-state index in [4.69, 9.17) is 4.74 Å². The Kier molecular flexibility index (Phi) is 4.37. The highest BCUT2D eigenvalue weighted by molar-refractivity contribution is 5.82. The zero-order valence-corrected chi connectivity index (χ0v) is 13.6. The first-order chi connectivity index (χ1) is 11.6. The van der Waals surface area contributed by atoms with Gasteiger partial charge in [-0.2, -0.15) is 0 Å². The Bertz CT molecular complexity index is 859. The van der Waals surface area contributed by atoms with Gasteiger partial charge in [-0.1, -0.05) is 24.3 Å². The van der Waals surface area contributed by atoms with E-state index in [9.17, 15) is 9.90 Å². The molecule has 0 saturated carbocycles. The number of hydrogen-bond donors (Lipinski definition) is 1. The molecule has 0 aliphatic heterocycles. The second-order valence-corrected chi connectivity index (χ2v) is 5.68. The van der Waals surface area contributed by atoms with Crippen LogP contribution in [-0.2, 0) is 0 Å². The smallest absolute Gasteiger partial charge is 0.427 e. The molecule has 124 valence electrons. The predicted molar refractivity (Wildman–Crippen MR) is 92.1 cm³/mol. The summed E-state index contributed by atoms with van der Waals surface area (Å²) in [5, 5.41) is 10.9. The Hall–Kier alpha value is -3.02. The third-order valence-corrected chi connectivity index (χ3v) is 3.76. The van der Waals surface area contributed by atoms with Gasteiger partial charge in [0.25, 0.3) is 0 Å². The summed E-state index contributed by atoms with van der Waals surface area (Å²) in [5.74, 6) is 0.725. The van der Waals surface area contributed by atoms with Crippen LogP contribution in [0.25, 0.3) is 11.0 Å². The number of fused-ring (bicyclic) bond motifs is 1. The minimum absolute atomic E-state index is 0.238. The van der Waals surface area contributed by atoms with E-state index in [1.807, 2.05) is 55.5 Å². The number of para-hydroxylation sites is 2. The van der Waals surface area contributed by atoms with Crippen molar-refractivity contribution in [1.82, 2.24) is 9.66 Å². The number of carbonyl (C=O) groups is 1. The first-order valence-corrected chi connectivity index (χ1v) is 7.70. The van der Waals surface area contributed by atoms with Crippen molar-refractivity contribution < 1.29 is 14.6 Å². The van der Waals surface area contributed by atoms with Crippen LogP contribution in [0.5, 0.6) is 5.75 Å². The number of amides is 1. The van der Waals surface area contributed by atoms with Gasteiger partial charge >= 0.3 is 6.09 Å². The number of ether oxygens (including phenoxy) is 1. The van der Waals surface area contributed by atoms with Crippen LogP contribution in [0.15, 0.2) is 54.9 Å². The molecular formula is C18H19N3O3. The van der Waals surface area contributed by atoms with Crippen LogP contribution in [0.3, 0.4) is 0 Å². The van der Waals surface area contributed by atoms with E-state index in [2.05, 4.69) is 4.98 Å². The average Bonchev–Trinajstić information content (AvgIpc) is 2.97. The summed E-state index contributed by atoms with van der Waals surface area (Å²) >= 11 is 0. The van der Waals surface area contributed by atoms with Crippen molar-refractivity contribution in [3.63, 3.8) is 0 Å². The molecular weight excluding hydrogens is 306 g/mol. The second kappa shape index (κ2) is 6.62. The van der Waals surface area contributed by atoms with Gasteiger partial charge < -0.3 is 9.84 Å². The molecule has 0 fully saturated rings. The summed E-state index contributed by atoms with van der Waals surface area (Å²) < 4.78 is 7.29. The zero-order chi connectivity index (χ0) is 17.1. The number of nitrogens with zero attached hydrogens (tertiary/aromatic N) is 3. The van der Waals surface area contributed by atoms with Gasteiger partial charge in [-0.3, -0.25) is 0 Å². The summed E-state index contributed by atoms with van der Waals surface area (Å²) in [7, 11) is 0. The minimum Gasteiger partial charge on any atom is -0.491 e. The van der Waals surface area contributed by atoms with Crippen LogP contribution in [0, 0.1) is 6.92 Å². The molecule has 3 aromatic rings. The number of aryl methyl sites for hydroxylation is 1. The number of carboxylic acid groups (broad SMARTS) is 1. The zero-order valence-electron chi connectivity index (χ0n) is 13.6. The van der Waals surface area contributed by atoms with E-state index < -0.39 is 6.09 Å². The first-order valence-electron chi connectivity index (χ1n) is 7.70. The van der Waals surface area contributed by atoms with E-state index in [-0.39, 0.29) is 12.6 Å². The summed E-state index contributed by atoms with van der Waals surface area (Å²) in [6.45, 7) is 4.03. The van der Waals surface area contributed by atoms with Crippen LogP contribution < -0.4 is 9.75 Å². The van der Waals surface area contributed by atoms with Crippen molar-refractivity contribution in [2.24, 2.45) is 0 Å². The fourth-order valence-electron chi connectivity index (χ4n) is 2.60. The third-order valence-electron chi connectivity index (χ3n) is 3.76. The fourth-order valence-corrected chi connectivity index (χ4v) is 2.60. The predicted octanol–water partition coefficient (Wildman–Crippen LogP) is 3.43. The van der Waals surface area contributed by atoms with Gasteiger partial charge in [0.05, 0.1) is 17.1 Å². The van der Waals surface area contributed by atoms with Crippen LogP contribution >= 0.6 is 0 Å². The molecule has 0 aliphatic carbocycles. The molecule has 1 unspecified atom stereocenters. The Balaban J connectivity index is 1.81. The number of benzene rings is 2. The molecule has 0 aliphatic rings. The molecule has 6 nitrogen and oxygen atoms in total. The highest BCUT2D eigenvalue weighted by Gasteiger charge is 2.23. The largest absolute Gasteiger partial charge is 0.491 e. The summed E-state index contributed by atoms with van der Waals surface area (Å²) in [4.78, 5) is 16.0. The molecule has 0 saturated heterocycles. The molecule has 3 rings (SSSR count). The molecule has 0 spiro atoms. The lowest BCUT2D eigenvalue weighted by molar-refractivity contribution is 0.184. The maximum Gasteiger partial charge on any atom is 0.427 e. The van der Waals surface area contributed by atoms with Crippen molar-refractivity contribution in [2.45, 2.75) is 19.9 Å². The fraction of sp³-hybridized carbons (Fsp3) is 0.222. The van der Waals surface area contributed by atoms with E-state index in [1.165, 1.54) is 11.3 Å². The molecule has 0 radical (unpaired) electrons. The highest BCUT2D eigenvalue weighted by Crippen LogP contribution is 2.16. The van der Waals surface area contributed by atoms with Crippen molar-refractivity contribution >= 4 is 17.1 Å². The van der Waals surface area contributed by atoms with Gasteiger partial charge in [-0.15, -0.1) is 0 Å². The van der Waals surface area contributed by atoms with Crippen molar-refractivity contribution in [2.75, 3.05) is 11.6 Å². The minimum atomic E-state index is -1.06. The van der Waals surface area contributed by atoms with Crippen molar-refractivity contribution in [1.29, 1.82) is 0 Å². The van der Waals surface area contributed by atoms with Crippen molar-refractivity contribution in [3.8, 4) is 5.75 Å². The molecule has 1 heterocycles. The molecule has 2 aromatic carbocycles. The van der Waals surface area contributed by atoms with Crippen molar-refractivity contribution in [3.05, 3.63) is 60.4 Å². The number of imidazole rings is 1. The van der Waals surface area contributed by atoms with E-state index in [0.29, 0.717) is 0 Å². The van der Waals surface area contributed by atoms with Crippen LogP contribution in [-0.4, -0.2) is 33.5 Å². The standard InChI is InChI=1S/C18H19N3O3/c1-13-6-5-7-15(10-13)24-11-14(2)21(18(22)23)20-12-19-16-8-3-4-9-17(16)20/h3-10,12,14H,11H2,1-2H3,(H,22,23). The molecule has 1 amide bonds. The molecule has 1 atom stereocenters. The van der Waals surface area contributed by atoms with Crippen LogP contribution in [0.2, 0.25) is 0 Å². The Labute approximate surface area is 139 Å². The SMILES string of the molecule is Cc1cccc(OCC(C)N(C(=O)O)n2cnc3ccccc32)c1. The maximum absolute atomic E-state index is 11.8. The summed E-state index contributed by atoms with van der Waals surface area (Å²) in [5.41, 5.74) is 2.58. The maximum atomic E-state index is 11.8. The van der Waals surface area contributed by atoms with Crippen LogP contribution in [0.1, 0.15) is 12.5 Å². The summed E-state index contributed by atoms with van der Waals surface area (Å²) in [6, 6.07) is 14.7. The van der Waals surface area contributed by atoms with E-state index >= 15 is 0 Å². The molecule has 1 aromatic heterocycles. The number of rotatable bonds is 5. The lowest BCUT2D eigenvalue weighted by Crippen LogP contribution is -2.48. The topological polar surface area (TPSA) is 67.6 Å². The van der Waals surface area contributed by atoms with Gasteiger partial charge in [0.1, 0.15) is 18.7 Å². The normalized spacial score (nSPS) is 12.1. The van der Waals surface area contributed by atoms with Gasteiger partial charge in [-0.05, 0) is 43.7 Å². The monoisotopic (exact) mass is 325 g/mol. The molecule has 24 heavy (non-hydrogen) atoms. The summed E-state index contributed by atoms with van der Waals surface area (Å²) in [6.07, 6.45) is 0.459. The molecule has 1 N–H and O–H groups in total. The quantitative estimate of drug-likeness (QED) is 0.780. The van der Waals surface area contributed by atoms with E-state index in [0.717, 1.165) is 22.3 Å². The average molecular weight is 325 g/mol. The lowest BCUT2D eigenvalue weighted by atomic mass is 10.2. The van der Waals surface area contributed by atoms with Gasteiger partial charge in [0.15, 0.2) is 0 Å². The van der Waals surface area contributed by atoms with E-state index in [1.54, 1.807) is 11.6 Å². The second-order valence-electron chi connectivity index (χ2n) is 5.68. The number of aromatic nitrogens is 2. The molecule has 0 bridgehead atoms. The molecule has 6 heteroatoms.